The van der Waals surface area contributed by atoms with E-state index in [0.29, 0.717) is 0 Å². The first-order chi connectivity index (χ1) is 27.8. The first-order valence-electron chi connectivity index (χ1n) is 19.0. The van der Waals surface area contributed by atoms with E-state index in [-0.39, 0.29) is 0 Å². The molecule has 13 rings (SSSR count). The fourth-order valence-electron chi connectivity index (χ4n) is 9.51. The van der Waals surface area contributed by atoms with Crippen molar-refractivity contribution in [3.63, 3.8) is 0 Å². The lowest BCUT2D eigenvalue weighted by Gasteiger charge is -2.12. The molecule has 0 N–H and O–H groups in total. The second kappa shape index (κ2) is 10.9. The highest BCUT2D eigenvalue weighted by atomic mass is 15.1. The van der Waals surface area contributed by atoms with Crippen LogP contribution in [0.1, 0.15) is 0 Å². The molecule has 13 aromatic rings. The monoisotopic (exact) mass is 714 g/mol. The summed E-state index contributed by atoms with van der Waals surface area (Å²) in [6.07, 6.45) is 0. The molecule has 0 atom stereocenters. The van der Waals surface area contributed by atoms with E-state index in [4.69, 9.17) is 9.97 Å². The zero-order valence-corrected chi connectivity index (χ0v) is 30.0. The van der Waals surface area contributed by atoms with E-state index >= 15 is 0 Å². The number of hydrogen-bond donors (Lipinski definition) is 0. The standard InChI is InChI=1S/C50H30N6/c1-3-15-31(16-4-1)53-37-23-11-7-19-33(37)45-41(53)27-29-43-47(45)49-51-35-21-9-14-26-40(35)56(49)44-30-28-42-46(48(44)50-52-36-22-10-13-25-39(36)55(43)50)34-20-8-12-24-38(34)54(42)32-17-5-2-6-18-32/h1-30H. The van der Waals surface area contributed by atoms with Crippen LogP contribution in [0, 0.1) is 0 Å². The van der Waals surface area contributed by atoms with Gasteiger partial charge in [0.15, 0.2) is 0 Å². The van der Waals surface area contributed by atoms with Crippen molar-refractivity contribution in [1.29, 1.82) is 0 Å². The predicted molar refractivity (Wildman–Crippen MR) is 231 cm³/mol. The van der Waals surface area contributed by atoms with Crippen molar-refractivity contribution in [2.75, 3.05) is 0 Å². The summed E-state index contributed by atoms with van der Waals surface area (Å²) >= 11 is 0. The first kappa shape index (κ1) is 29.7. The van der Waals surface area contributed by atoms with Gasteiger partial charge in [-0.25, -0.2) is 9.97 Å². The summed E-state index contributed by atoms with van der Waals surface area (Å²) < 4.78 is 9.57. The quantitative estimate of drug-likeness (QED) is 0.179. The third-order valence-electron chi connectivity index (χ3n) is 11.7. The van der Waals surface area contributed by atoms with Gasteiger partial charge in [-0.2, -0.15) is 0 Å². The van der Waals surface area contributed by atoms with Crippen LogP contribution >= 0.6 is 0 Å². The smallest absolute Gasteiger partial charge is 0.148 e. The maximum atomic E-state index is 5.58. The maximum absolute atomic E-state index is 5.58. The lowest BCUT2D eigenvalue weighted by atomic mass is 10.1. The number of nitrogens with zero attached hydrogens (tertiary/aromatic N) is 6. The molecule has 6 heteroatoms. The van der Waals surface area contributed by atoms with Crippen molar-refractivity contribution in [3.05, 3.63) is 182 Å². The van der Waals surface area contributed by atoms with E-state index in [1.165, 1.54) is 10.8 Å². The largest absolute Gasteiger partial charge is 0.309 e. The van der Waals surface area contributed by atoms with Crippen molar-refractivity contribution >= 4 is 98.8 Å². The van der Waals surface area contributed by atoms with Crippen LogP contribution in [0.2, 0.25) is 0 Å². The zero-order chi connectivity index (χ0) is 36.5. The van der Waals surface area contributed by atoms with Gasteiger partial charge in [0, 0.05) is 32.9 Å². The van der Waals surface area contributed by atoms with Crippen LogP contribution in [-0.4, -0.2) is 27.9 Å². The number of rotatable bonds is 2. The highest BCUT2D eigenvalue weighted by Crippen LogP contribution is 2.43. The fraction of sp³-hybridized carbons (Fsp3) is 0. The summed E-state index contributed by atoms with van der Waals surface area (Å²) in [5.74, 6) is 0. The highest BCUT2D eigenvalue weighted by molar-refractivity contribution is 6.28. The zero-order valence-electron chi connectivity index (χ0n) is 30.0. The number of benzene rings is 8. The van der Waals surface area contributed by atoms with Gasteiger partial charge in [0.05, 0.1) is 65.9 Å². The second-order valence-electron chi connectivity index (χ2n) is 14.6. The summed E-state index contributed by atoms with van der Waals surface area (Å²) in [5, 5.41) is 6.82. The average Bonchev–Trinajstić information content (AvgIpc) is 4.01. The fourth-order valence-corrected chi connectivity index (χ4v) is 9.51. The molecule has 0 radical (unpaired) electrons. The van der Waals surface area contributed by atoms with Gasteiger partial charge in [-0.3, -0.25) is 8.80 Å². The van der Waals surface area contributed by atoms with Crippen LogP contribution in [0.3, 0.4) is 0 Å². The van der Waals surface area contributed by atoms with Crippen molar-refractivity contribution in [2.24, 2.45) is 0 Å². The Morgan fingerprint density at radius 3 is 1.07 bits per heavy atom. The number of fused-ring (bicyclic) bond motifs is 20. The molecule has 0 amide bonds. The van der Waals surface area contributed by atoms with Gasteiger partial charge in [-0.1, -0.05) is 97.1 Å². The molecule has 0 saturated heterocycles. The molecular weight excluding hydrogens is 685 g/mol. The van der Waals surface area contributed by atoms with Gasteiger partial charge in [0.25, 0.3) is 0 Å². The molecule has 260 valence electrons. The first-order valence-corrected chi connectivity index (χ1v) is 19.0. The Bertz CT molecular complexity index is 3560. The summed E-state index contributed by atoms with van der Waals surface area (Å²) in [5.41, 5.74) is 14.7. The van der Waals surface area contributed by atoms with Gasteiger partial charge in [0.1, 0.15) is 11.3 Å². The SMILES string of the molecule is c1ccc(-n2c3ccccc3c3c4c(ccc32)n2c3ccccc3nc2c2c3c5ccccc5n(-c5ccccc5)c3ccc2n2c3ccccc3nc42)cc1. The molecule has 5 heterocycles. The summed E-state index contributed by atoms with van der Waals surface area (Å²) in [6.45, 7) is 0. The van der Waals surface area contributed by atoms with Crippen molar-refractivity contribution in [3.8, 4) is 11.4 Å². The third-order valence-corrected chi connectivity index (χ3v) is 11.7. The Labute approximate surface area is 319 Å². The summed E-state index contributed by atoms with van der Waals surface area (Å²) in [6, 6.07) is 65.1. The molecule has 0 aliphatic carbocycles. The minimum absolute atomic E-state index is 0.901. The summed E-state index contributed by atoms with van der Waals surface area (Å²) in [4.78, 5) is 11.2. The topological polar surface area (TPSA) is 44.5 Å². The van der Waals surface area contributed by atoms with Crippen LogP contribution in [-0.2, 0) is 0 Å². The number of imidazole rings is 2. The second-order valence-corrected chi connectivity index (χ2v) is 14.6. The minimum Gasteiger partial charge on any atom is -0.309 e. The Morgan fingerprint density at radius 1 is 0.268 bits per heavy atom. The lowest BCUT2D eigenvalue weighted by Crippen LogP contribution is -1.97. The number of hydrogen-bond acceptors (Lipinski definition) is 2. The van der Waals surface area contributed by atoms with Crippen LogP contribution in [0.4, 0.5) is 0 Å². The lowest BCUT2D eigenvalue weighted by molar-refractivity contribution is 1.18. The Kier molecular flexibility index (Phi) is 5.80. The van der Waals surface area contributed by atoms with Gasteiger partial charge >= 0.3 is 0 Å². The molecule has 0 saturated carbocycles. The van der Waals surface area contributed by atoms with Crippen molar-refractivity contribution in [2.45, 2.75) is 0 Å². The Hall–Kier alpha value is -7.70. The van der Waals surface area contributed by atoms with Crippen LogP contribution < -0.4 is 0 Å². The molecule has 0 aliphatic rings. The van der Waals surface area contributed by atoms with Crippen molar-refractivity contribution in [1.82, 2.24) is 27.9 Å². The summed E-state index contributed by atoms with van der Waals surface area (Å²) in [7, 11) is 0. The molecule has 6 nitrogen and oxygen atoms in total. The van der Waals surface area contributed by atoms with Gasteiger partial charge in [-0.15, -0.1) is 0 Å². The number of aromatic nitrogens is 6. The molecule has 56 heavy (non-hydrogen) atoms. The molecule has 8 aromatic carbocycles. The molecule has 0 fully saturated rings. The molecule has 0 bridgehead atoms. The third kappa shape index (κ3) is 3.79. The molecule has 0 spiro atoms. The Balaban J connectivity index is 1.39. The van der Waals surface area contributed by atoms with E-state index in [1.807, 2.05) is 0 Å². The molecular formula is C50H30N6. The van der Waals surface area contributed by atoms with E-state index in [9.17, 15) is 0 Å². The molecule has 5 aromatic heterocycles. The van der Waals surface area contributed by atoms with Gasteiger partial charge in [-0.05, 0) is 84.9 Å². The normalized spacial score (nSPS) is 12.3. The highest BCUT2D eigenvalue weighted by Gasteiger charge is 2.24. The van der Waals surface area contributed by atoms with E-state index in [1.54, 1.807) is 0 Å². The Morgan fingerprint density at radius 2 is 0.625 bits per heavy atom. The number of para-hydroxylation sites is 8. The van der Waals surface area contributed by atoms with E-state index in [0.717, 1.165) is 99.4 Å². The van der Waals surface area contributed by atoms with Gasteiger partial charge < -0.3 is 9.13 Å². The van der Waals surface area contributed by atoms with E-state index in [2.05, 4.69) is 200 Å². The van der Waals surface area contributed by atoms with Crippen LogP contribution in [0.25, 0.3) is 110 Å². The van der Waals surface area contributed by atoms with Crippen molar-refractivity contribution < 1.29 is 0 Å². The average molecular weight is 715 g/mol. The van der Waals surface area contributed by atoms with Gasteiger partial charge in [0.2, 0.25) is 0 Å². The van der Waals surface area contributed by atoms with Crippen LogP contribution in [0.5, 0.6) is 0 Å². The maximum Gasteiger partial charge on any atom is 0.148 e. The molecule has 0 aliphatic heterocycles. The van der Waals surface area contributed by atoms with Crippen LogP contribution in [0.15, 0.2) is 182 Å². The van der Waals surface area contributed by atoms with E-state index < -0.39 is 0 Å². The molecule has 0 unspecified atom stereocenters. The minimum atomic E-state index is 0.901. The predicted octanol–water partition coefficient (Wildman–Crippen LogP) is 12.4.